The van der Waals surface area contributed by atoms with Crippen LogP contribution in [-0.4, -0.2) is 38.6 Å². The molecule has 4 aliphatic rings. The molecule has 0 bridgehead atoms. The molecule has 0 aromatic heterocycles. The molecule has 0 amide bonds. The predicted molar refractivity (Wildman–Crippen MR) is 67.3 cm³/mol. The van der Waals surface area contributed by atoms with Crippen LogP contribution in [0.5, 0.6) is 0 Å². The lowest BCUT2D eigenvalue weighted by molar-refractivity contribution is -0.00339. The molecule has 2 saturated carbocycles. The van der Waals surface area contributed by atoms with Gasteiger partial charge in [0.25, 0.3) is 0 Å². The molecule has 4 rings (SSSR count). The van der Waals surface area contributed by atoms with Gasteiger partial charge in [0.2, 0.25) is 0 Å². The largest absolute Gasteiger partial charge is 0.381 e. The van der Waals surface area contributed by atoms with Crippen LogP contribution in [0.25, 0.3) is 0 Å². The Balaban J connectivity index is 1.33. The maximum atomic E-state index is 5.96. The second-order valence-electron chi connectivity index (χ2n) is 6.70. The lowest BCUT2D eigenvalue weighted by Crippen LogP contribution is -2.30. The van der Waals surface area contributed by atoms with E-state index in [4.69, 9.17) is 14.2 Å². The maximum absolute atomic E-state index is 5.96. The van der Waals surface area contributed by atoms with Crippen molar-refractivity contribution >= 4 is 0 Å². The molecule has 3 heteroatoms. The zero-order valence-electron chi connectivity index (χ0n) is 11.1. The summed E-state index contributed by atoms with van der Waals surface area (Å²) < 4.78 is 17.5. The van der Waals surface area contributed by atoms with Crippen LogP contribution in [0.1, 0.15) is 32.1 Å². The predicted octanol–water partition coefficient (Wildman–Crippen LogP) is 2.24. The van der Waals surface area contributed by atoms with Crippen molar-refractivity contribution < 1.29 is 14.2 Å². The van der Waals surface area contributed by atoms with Gasteiger partial charge >= 0.3 is 0 Å². The summed E-state index contributed by atoms with van der Waals surface area (Å²) >= 11 is 0. The van der Waals surface area contributed by atoms with Crippen LogP contribution in [0.15, 0.2) is 0 Å². The van der Waals surface area contributed by atoms with Gasteiger partial charge in [0.05, 0.1) is 25.4 Å². The topological polar surface area (TPSA) is 31.0 Å². The summed E-state index contributed by atoms with van der Waals surface area (Å²) in [6.45, 7) is 3.77. The van der Waals surface area contributed by atoms with Gasteiger partial charge in [-0.15, -0.1) is 0 Å². The van der Waals surface area contributed by atoms with Gasteiger partial charge in [0.1, 0.15) is 0 Å². The van der Waals surface area contributed by atoms with Gasteiger partial charge in [0, 0.05) is 19.1 Å². The third-order valence-corrected chi connectivity index (χ3v) is 5.41. The van der Waals surface area contributed by atoms with Crippen LogP contribution in [-0.2, 0) is 14.2 Å². The van der Waals surface area contributed by atoms with E-state index in [9.17, 15) is 0 Å². The van der Waals surface area contributed by atoms with Gasteiger partial charge in [-0.1, -0.05) is 0 Å². The molecule has 0 radical (unpaired) electrons. The molecule has 6 unspecified atom stereocenters. The Kier molecular flexibility index (Phi) is 3.10. The molecule has 0 aromatic carbocycles. The van der Waals surface area contributed by atoms with Gasteiger partial charge in [0.15, 0.2) is 0 Å². The minimum atomic E-state index is 0.576. The fourth-order valence-electron chi connectivity index (χ4n) is 3.89. The van der Waals surface area contributed by atoms with Crippen molar-refractivity contribution in [3.8, 4) is 0 Å². The highest BCUT2D eigenvalue weighted by Crippen LogP contribution is 2.44. The quantitative estimate of drug-likeness (QED) is 0.671. The summed E-state index contributed by atoms with van der Waals surface area (Å²) in [7, 11) is 0. The summed E-state index contributed by atoms with van der Waals surface area (Å²) in [5.41, 5.74) is 0. The van der Waals surface area contributed by atoms with Crippen molar-refractivity contribution in [2.24, 2.45) is 23.7 Å². The van der Waals surface area contributed by atoms with Gasteiger partial charge in [-0.25, -0.2) is 0 Å². The van der Waals surface area contributed by atoms with E-state index in [0.29, 0.717) is 18.1 Å². The number of hydrogen-bond acceptors (Lipinski definition) is 3. The van der Waals surface area contributed by atoms with E-state index in [1.807, 2.05) is 0 Å². The molecule has 3 nitrogen and oxygen atoms in total. The Labute approximate surface area is 109 Å². The van der Waals surface area contributed by atoms with E-state index < -0.39 is 0 Å². The zero-order valence-corrected chi connectivity index (χ0v) is 11.1. The average Bonchev–Trinajstić information content (AvgIpc) is 3.27. The van der Waals surface area contributed by atoms with Crippen molar-refractivity contribution in [1.82, 2.24) is 0 Å². The minimum Gasteiger partial charge on any atom is -0.381 e. The fourth-order valence-corrected chi connectivity index (χ4v) is 3.89. The standard InChI is InChI=1S/C15H24O3/c1-2-14-15(18-14)6-10(1)13-8-16-4-3-11-5-12(11)7-17-9-13/h10-15H,1-9H2. The van der Waals surface area contributed by atoms with Crippen LogP contribution in [0, 0.1) is 23.7 Å². The van der Waals surface area contributed by atoms with Crippen LogP contribution in [0.2, 0.25) is 0 Å². The third kappa shape index (κ3) is 2.45. The van der Waals surface area contributed by atoms with E-state index in [1.165, 1.54) is 32.1 Å². The molecule has 0 N–H and O–H groups in total. The molecular formula is C15H24O3. The van der Waals surface area contributed by atoms with E-state index in [2.05, 4.69) is 0 Å². The Morgan fingerprint density at radius 3 is 2.39 bits per heavy atom. The average molecular weight is 252 g/mol. The number of fused-ring (bicyclic) bond motifs is 2. The Morgan fingerprint density at radius 2 is 1.44 bits per heavy atom. The van der Waals surface area contributed by atoms with Gasteiger partial charge < -0.3 is 14.2 Å². The first-order valence-corrected chi connectivity index (χ1v) is 7.71. The summed E-state index contributed by atoms with van der Waals surface area (Å²) in [5.74, 6) is 3.11. The van der Waals surface area contributed by atoms with E-state index in [-0.39, 0.29) is 0 Å². The van der Waals surface area contributed by atoms with Crippen molar-refractivity contribution in [1.29, 1.82) is 0 Å². The molecule has 2 aliphatic heterocycles. The normalized spacial score (nSPS) is 52.0. The van der Waals surface area contributed by atoms with Gasteiger partial charge in [-0.05, 0) is 49.9 Å². The number of epoxide rings is 1. The summed E-state index contributed by atoms with van der Waals surface area (Å²) in [5, 5.41) is 0. The maximum Gasteiger partial charge on any atom is 0.0844 e. The fraction of sp³-hybridized carbons (Fsp3) is 1.00. The smallest absolute Gasteiger partial charge is 0.0844 e. The second kappa shape index (κ2) is 4.77. The Bertz CT molecular complexity index is 306. The summed E-state index contributed by atoms with van der Waals surface area (Å²) in [4.78, 5) is 0. The van der Waals surface area contributed by atoms with Crippen LogP contribution in [0.3, 0.4) is 0 Å². The van der Waals surface area contributed by atoms with Crippen LogP contribution < -0.4 is 0 Å². The first-order valence-electron chi connectivity index (χ1n) is 7.71. The lowest BCUT2D eigenvalue weighted by atomic mass is 9.80. The number of rotatable bonds is 1. The van der Waals surface area contributed by atoms with Gasteiger partial charge in [-0.2, -0.15) is 0 Å². The molecular weight excluding hydrogens is 228 g/mol. The Hall–Kier alpha value is -0.120. The minimum absolute atomic E-state index is 0.576. The molecule has 6 atom stereocenters. The lowest BCUT2D eigenvalue weighted by Gasteiger charge is -2.29. The van der Waals surface area contributed by atoms with Crippen molar-refractivity contribution in [3.05, 3.63) is 0 Å². The van der Waals surface area contributed by atoms with E-state index in [0.717, 1.165) is 44.2 Å². The molecule has 4 fully saturated rings. The summed E-state index contributed by atoms with van der Waals surface area (Å²) in [6.07, 6.45) is 7.62. The van der Waals surface area contributed by atoms with Crippen molar-refractivity contribution in [2.75, 3.05) is 26.4 Å². The van der Waals surface area contributed by atoms with Crippen LogP contribution in [0.4, 0.5) is 0 Å². The van der Waals surface area contributed by atoms with Gasteiger partial charge in [-0.3, -0.25) is 0 Å². The third-order valence-electron chi connectivity index (χ3n) is 5.41. The first kappa shape index (κ1) is 11.7. The molecule has 102 valence electrons. The highest BCUT2D eigenvalue weighted by atomic mass is 16.6. The molecule has 18 heavy (non-hydrogen) atoms. The van der Waals surface area contributed by atoms with Crippen molar-refractivity contribution in [3.63, 3.8) is 0 Å². The van der Waals surface area contributed by atoms with Crippen LogP contribution >= 0.6 is 0 Å². The second-order valence-corrected chi connectivity index (χ2v) is 6.70. The molecule has 0 spiro atoms. The Morgan fingerprint density at radius 1 is 0.611 bits per heavy atom. The number of ether oxygens (including phenoxy) is 3. The van der Waals surface area contributed by atoms with Crippen molar-refractivity contribution in [2.45, 2.75) is 44.3 Å². The van der Waals surface area contributed by atoms with E-state index >= 15 is 0 Å². The first-order chi connectivity index (χ1) is 8.90. The zero-order chi connectivity index (χ0) is 11.9. The molecule has 2 saturated heterocycles. The molecule has 0 aromatic rings. The highest BCUT2D eigenvalue weighted by Gasteiger charge is 2.46. The highest BCUT2D eigenvalue weighted by molar-refractivity contribution is 4.94. The monoisotopic (exact) mass is 252 g/mol. The SMILES string of the molecule is C1CC2CC2COCC(C2CCC3OC3C2)CO1. The molecule has 2 aliphatic carbocycles. The number of hydrogen-bond donors (Lipinski definition) is 0. The van der Waals surface area contributed by atoms with E-state index in [1.54, 1.807) is 0 Å². The molecule has 2 heterocycles. The summed E-state index contributed by atoms with van der Waals surface area (Å²) in [6, 6.07) is 0.